The van der Waals surface area contributed by atoms with Gasteiger partial charge in [-0.3, -0.25) is 4.57 Å². The summed E-state index contributed by atoms with van der Waals surface area (Å²) in [5, 5.41) is 9.43. The Kier molecular flexibility index (Phi) is 6.24. The molecule has 0 spiro atoms. The van der Waals surface area contributed by atoms with Crippen LogP contribution in [0.5, 0.6) is 0 Å². The molecule has 0 bridgehead atoms. The molecule has 3 rings (SSSR count). The minimum Gasteiger partial charge on any atom is -0.336 e. The van der Waals surface area contributed by atoms with Gasteiger partial charge in [-0.05, 0) is 17.7 Å². The van der Waals surface area contributed by atoms with Crippen molar-refractivity contribution in [2.45, 2.75) is 19.3 Å². The Morgan fingerprint density at radius 2 is 1.80 bits per heavy atom. The Hall–Kier alpha value is -3.56. The second kappa shape index (κ2) is 8.85. The van der Waals surface area contributed by atoms with Crippen LogP contribution < -0.4 is 16.3 Å². The summed E-state index contributed by atoms with van der Waals surface area (Å²) < 4.78 is 41.1. The molecule has 0 fully saturated rings. The van der Waals surface area contributed by atoms with Crippen molar-refractivity contribution in [1.82, 2.24) is 25.0 Å². The van der Waals surface area contributed by atoms with E-state index in [1.165, 1.54) is 23.7 Å². The second-order valence-electron chi connectivity index (χ2n) is 6.56. The van der Waals surface area contributed by atoms with E-state index < -0.39 is 23.5 Å². The van der Waals surface area contributed by atoms with Crippen molar-refractivity contribution in [3.8, 4) is 11.4 Å². The zero-order valence-corrected chi connectivity index (χ0v) is 16.1. The molecule has 2 N–H and O–H groups in total. The number of hydrogen-bond acceptors (Lipinski definition) is 3. The summed E-state index contributed by atoms with van der Waals surface area (Å²) in [7, 11) is 1.43. The molecule has 7 nitrogen and oxygen atoms in total. The maximum absolute atomic E-state index is 12.9. The number of halogens is 3. The van der Waals surface area contributed by atoms with Crippen LogP contribution in [-0.4, -0.2) is 26.9 Å². The minimum atomic E-state index is -4.49. The van der Waals surface area contributed by atoms with Crippen molar-refractivity contribution in [3.05, 3.63) is 76.2 Å². The van der Waals surface area contributed by atoms with Gasteiger partial charge in [0.25, 0.3) is 0 Å². The molecule has 0 saturated heterocycles. The summed E-state index contributed by atoms with van der Waals surface area (Å²) in [5.74, 6) is 0.111. The first kappa shape index (κ1) is 21.2. The average Bonchev–Trinajstić information content (AvgIpc) is 3.01. The monoisotopic (exact) mass is 419 g/mol. The topological polar surface area (TPSA) is 81.0 Å². The number of nitrogens with one attached hydrogen (secondary N) is 2. The van der Waals surface area contributed by atoms with Crippen LogP contribution in [0.25, 0.3) is 11.4 Å². The lowest BCUT2D eigenvalue weighted by Crippen LogP contribution is -2.38. The van der Waals surface area contributed by atoms with E-state index in [1.54, 1.807) is 0 Å². The zero-order valence-electron chi connectivity index (χ0n) is 16.1. The Morgan fingerprint density at radius 3 is 2.50 bits per heavy atom. The van der Waals surface area contributed by atoms with E-state index in [4.69, 9.17) is 0 Å². The smallest absolute Gasteiger partial charge is 0.336 e. The van der Waals surface area contributed by atoms with Gasteiger partial charge < -0.3 is 10.6 Å². The number of nitrogens with zero attached hydrogens (tertiary/aromatic N) is 3. The first-order valence-electron chi connectivity index (χ1n) is 9.13. The van der Waals surface area contributed by atoms with Crippen molar-refractivity contribution >= 4 is 6.03 Å². The maximum atomic E-state index is 12.9. The third kappa shape index (κ3) is 5.07. The molecule has 0 atom stereocenters. The highest BCUT2D eigenvalue weighted by Gasteiger charge is 2.30. The molecule has 0 radical (unpaired) electrons. The number of hydrogen-bond donors (Lipinski definition) is 2. The van der Waals surface area contributed by atoms with Gasteiger partial charge in [0.1, 0.15) is 0 Å². The van der Waals surface area contributed by atoms with Gasteiger partial charge in [0.2, 0.25) is 0 Å². The molecular formula is C20H20F3N5O2. The van der Waals surface area contributed by atoms with Crippen molar-refractivity contribution in [1.29, 1.82) is 0 Å². The highest BCUT2D eigenvalue weighted by Crippen LogP contribution is 2.31. The average molecular weight is 419 g/mol. The first-order valence-corrected chi connectivity index (χ1v) is 9.13. The number of benzene rings is 2. The predicted molar refractivity (Wildman–Crippen MR) is 105 cm³/mol. The van der Waals surface area contributed by atoms with Crippen LogP contribution >= 0.6 is 0 Å². The lowest BCUT2D eigenvalue weighted by molar-refractivity contribution is -0.137. The van der Waals surface area contributed by atoms with Gasteiger partial charge in [0.05, 0.1) is 12.1 Å². The zero-order chi connectivity index (χ0) is 21.7. The first-order chi connectivity index (χ1) is 14.3. The molecule has 1 heterocycles. The van der Waals surface area contributed by atoms with Gasteiger partial charge in [0.15, 0.2) is 5.82 Å². The molecule has 0 saturated carbocycles. The highest BCUT2D eigenvalue weighted by atomic mass is 19.4. The molecular weight excluding hydrogens is 399 g/mol. The lowest BCUT2D eigenvalue weighted by atomic mass is 10.1. The molecule has 0 aliphatic heterocycles. The Labute approximate surface area is 170 Å². The van der Waals surface area contributed by atoms with Crippen molar-refractivity contribution in [2.75, 3.05) is 6.54 Å². The number of amides is 2. The van der Waals surface area contributed by atoms with Crippen molar-refractivity contribution in [2.24, 2.45) is 7.05 Å². The summed E-state index contributed by atoms with van der Waals surface area (Å²) in [6.07, 6.45) is -4.49. The van der Waals surface area contributed by atoms with Crippen LogP contribution in [-0.2, 0) is 26.3 Å². The Morgan fingerprint density at radius 1 is 1.07 bits per heavy atom. The van der Waals surface area contributed by atoms with E-state index in [0.717, 1.165) is 22.4 Å². The summed E-state index contributed by atoms with van der Waals surface area (Å²) in [6.45, 7) is 0.555. The largest absolute Gasteiger partial charge is 0.416 e. The van der Waals surface area contributed by atoms with Gasteiger partial charge in [0, 0.05) is 25.7 Å². The third-order valence-corrected chi connectivity index (χ3v) is 4.39. The molecule has 2 aromatic carbocycles. The van der Waals surface area contributed by atoms with Crippen LogP contribution in [0.3, 0.4) is 0 Å². The van der Waals surface area contributed by atoms with E-state index in [2.05, 4.69) is 15.7 Å². The van der Waals surface area contributed by atoms with Gasteiger partial charge in [-0.1, -0.05) is 42.5 Å². The van der Waals surface area contributed by atoms with Crippen molar-refractivity contribution < 1.29 is 18.0 Å². The fourth-order valence-electron chi connectivity index (χ4n) is 2.84. The summed E-state index contributed by atoms with van der Waals surface area (Å²) in [5.41, 5.74) is -0.191. The van der Waals surface area contributed by atoms with Gasteiger partial charge in [-0.25, -0.2) is 14.3 Å². The molecule has 0 aliphatic rings. The molecule has 2 amide bonds. The number of urea groups is 1. The fourth-order valence-corrected chi connectivity index (χ4v) is 2.84. The predicted octanol–water partition coefficient (Wildman–Crippen LogP) is 2.77. The molecule has 3 aromatic rings. The van der Waals surface area contributed by atoms with Gasteiger partial charge >= 0.3 is 17.9 Å². The SMILES string of the molecule is Cn1c(-c2cccc(C(F)(F)F)c2)nn(CCNC(=O)NCc2ccccc2)c1=O. The van der Waals surface area contributed by atoms with E-state index >= 15 is 0 Å². The quantitative estimate of drug-likeness (QED) is 0.645. The second-order valence-corrected chi connectivity index (χ2v) is 6.56. The van der Waals surface area contributed by atoms with Gasteiger partial charge in [-0.2, -0.15) is 13.2 Å². The molecule has 0 aliphatic carbocycles. The highest BCUT2D eigenvalue weighted by molar-refractivity contribution is 5.73. The third-order valence-electron chi connectivity index (χ3n) is 4.39. The number of carbonyl (C=O) groups is 1. The number of carbonyl (C=O) groups excluding carboxylic acids is 1. The van der Waals surface area contributed by atoms with Crippen LogP contribution in [0.2, 0.25) is 0 Å². The Bertz CT molecular complexity index is 1070. The van der Waals surface area contributed by atoms with Crippen LogP contribution in [0.15, 0.2) is 59.4 Å². The molecule has 158 valence electrons. The number of rotatable bonds is 6. The molecule has 1 aromatic heterocycles. The normalized spacial score (nSPS) is 11.3. The molecule has 0 unspecified atom stereocenters. The van der Waals surface area contributed by atoms with Crippen LogP contribution in [0.4, 0.5) is 18.0 Å². The van der Waals surface area contributed by atoms with Gasteiger partial charge in [-0.15, -0.1) is 5.10 Å². The molecule has 10 heteroatoms. The number of aromatic nitrogens is 3. The standard InChI is InChI=1S/C20H20F3N5O2/c1-27-17(15-8-5-9-16(12-15)20(21,22)23)26-28(19(27)30)11-10-24-18(29)25-13-14-6-3-2-4-7-14/h2-9,12H,10-11,13H2,1H3,(H2,24,25,29). The van der Waals surface area contributed by atoms with E-state index in [9.17, 15) is 22.8 Å². The maximum Gasteiger partial charge on any atom is 0.416 e. The van der Waals surface area contributed by atoms with E-state index in [-0.39, 0.29) is 24.5 Å². The number of alkyl halides is 3. The van der Waals surface area contributed by atoms with E-state index in [1.807, 2.05) is 30.3 Å². The summed E-state index contributed by atoms with van der Waals surface area (Å²) >= 11 is 0. The van der Waals surface area contributed by atoms with Crippen LogP contribution in [0, 0.1) is 0 Å². The van der Waals surface area contributed by atoms with Crippen molar-refractivity contribution in [3.63, 3.8) is 0 Å². The summed E-state index contributed by atoms with van der Waals surface area (Å²) in [6, 6.07) is 13.6. The van der Waals surface area contributed by atoms with E-state index in [0.29, 0.717) is 6.54 Å². The fraction of sp³-hybridized carbons (Fsp3) is 0.250. The minimum absolute atomic E-state index is 0.0738. The Balaban J connectivity index is 1.62. The summed E-state index contributed by atoms with van der Waals surface area (Å²) in [4.78, 5) is 24.2. The van der Waals surface area contributed by atoms with Crippen LogP contribution in [0.1, 0.15) is 11.1 Å². The molecule has 30 heavy (non-hydrogen) atoms. The lowest BCUT2D eigenvalue weighted by Gasteiger charge is -2.08.